The third-order valence-electron chi connectivity index (χ3n) is 2.52. The Balaban J connectivity index is 2.25. The first kappa shape index (κ1) is 10.2. The molecule has 2 heterocycles. The molecule has 1 aromatic rings. The van der Waals surface area contributed by atoms with Gasteiger partial charge in [0, 0.05) is 22.5 Å². The minimum absolute atomic E-state index is 0.0521. The fourth-order valence-corrected chi connectivity index (χ4v) is 4.00. The maximum absolute atomic E-state index is 13.2. The van der Waals surface area contributed by atoms with Crippen LogP contribution in [0.1, 0.15) is 21.7 Å². The molecule has 2 aliphatic rings. The van der Waals surface area contributed by atoms with Crippen LogP contribution >= 0.6 is 23.1 Å². The van der Waals surface area contributed by atoms with Crippen LogP contribution in [0.4, 0.5) is 8.78 Å². The average molecular weight is 258 g/mol. The molecule has 2 nitrogen and oxygen atoms in total. The van der Waals surface area contributed by atoms with Crippen LogP contribution in [-0.4, -0.2) is 17.1 Å². The number of hydrogen-bond donors (Lipinski definition) is 0. The van der Waals surface area contributed by atoms with Crippen molar-refractivity contribution in [1.82, 2.24) is 0 Å². The monoisotopic (exact) mass is 258 g/mol. The average Bonchev–Trinajstić information content (AvgIpc) is 2.78. The SMILES string of the molecule is O=C1C(=O)c2cc(F)sc2C2=C1CC(F)S2. The number of thiophene rings is 1. The van der Waals surface area contributed by atoms with Gasteiger partial charge in [-0.15, -0.1) is 11.3 Å². The normalized spacial score (nSPS) is 23.8. The zero-order valence-electron chi connectivity index (χ0n) is 7.75. The van der Waals surface area contributed by atoms with E-state index >= 15 is 0 Å². The summed E-state index contributed by atoms with van der Waals surface area (Å²) in [6, 6.07) is 1.05. The summed E-state index contributed by atoms with van der Waals surface area (Å²) < 4.78 is 26.3. The molecule has 0 aromatic carbocycles. The Kier molecular flexibility index (Phi) is 2.06. The van der Waals surface area contributed by atoms with Gasteiger partial charge in [-0.25, -0.2) is 4.39 Å². The number of Topliss-reactive ketones (excluding diaryl/α,β-unsaturated/α-hetero) is 2. The zero-order chi connectivity index (χ0) is 11.4. The van der Waals surface area contributed by atoms with Gasteiger partial charge in [-0.05, 0) is 6.07 Å². The third-order valence-corrected chi connectivity index (χ3v) is 4.70. The number of rotatable bonds is 0. The molecule has 0 spiro atoms. The van der Waals surface area contributed by atoms with E-state index in [2.05, 4.69) is 0 Å². The van der Waals surface area contributed by atoms with Gasteiger partial charge in [0.15, 0.2) is 10.6 Å². The van der Waals surface area contributed by atoms with Gasteiger partial charge in [-0.2, -0.15) is 4.39 Å². The number of ketones is 2. The Morgan fingerprint density at radius 2 is 2.06 bits per heavy atom. The fourth-order valence-electron chi connectivity index (χ4n) is 1.84. The molecule has 1 aliphatic carbocycles. The number of hydrogen-bond acceptors (Lipinski definition) is 4. The third kappa shape index (κ3) is 1.23. The van der Waals surface area contributed by atoms with Crippen LogP contribution in [0.15, 0.2) is 11.6 Å². The van der Waals surface area contributed by atoms with Crippen LogP contribution in [0.25, 0.3) is 4.91 Å². The smallest absolute Gasteiger partial charge is 0.234 e. The summed E-state index contributed by atoms with van der Waals surface area (Å²) in [6.07, 6.45) is -0.0521. The van der Waals surface area contributed by atoms with Crippen molar-refractivity contribution in [2.75, 3.05) is 0 Å². The van der Waals surface area contributed by atoms with Crippen molar-refractivity contribution in [1.29, 1.82) is 0 Å². The van der Waals surface area contributed by atoms with E-state index in [1.165, 1.54) is 0 Å². The maximum atomic E-state index is 13.2. The Morgan fingerprint density at radius 3 is 2.81 bits per heavy atom. The molecule has 1 aliphatic heterocycles. The van der Waals surface area contributed by atoms with E-state index in [4.69, 9.17) is 0 Å². The number of halogens is 2. The zero-order valence-corrected chi connectivity index (χ0v) is 9.38. The molecule has 0 amide bonds. The largest absolute Gasteiger partial charge is 0.285 e. The quantitative estimate of drug-likeness (QED) is 0.671. The molecular formula is C10H4F2O2S2. The summed E-state index contributed by atoms with van der Waals surface area (Å²) in [5.74, 6) is -1.41. The minimum atomic E-state index is -1.21. The molecule has 16 heavy (non-hydrogen) atoms. The Labute approximate surface area is 97.3 Å². The standard InChI is InChI=1S/C10H4F2O2S2/c11-5-1-3-7(13)8(14)4-2-6(12)16-10(4)9(3)15-5/h1,6H,2H2. The van der Waals surface area contributed by atoms with Gasteiger partial charge in [-0.3, -0.25) is 9.59 Å². The van der Waals surface area contributed by atoms with Gasteiger partial charge in [0.25, 0.3) is 0 Å². The van der Waals surface area contributed by atoms with Crippen molar-refractivity contribution in [2.24, 2.45) is 0 Å². The summed E-state index contributed by atoms with van der Waals surface area (Å²) in [7, 11) is 0. The van der Waals surface area contributed by atoms with E-state index in [0.29, 0.717) is 9.78 Å². The topological polar surface area (TPSA) is 34.1 Å². The molecule has 82 valence electrons. The number of carbonyl (C=O) groups is 2. The van der Waals surface area contributed by atoms with Gasteiger partial charge in [0.05, 0.1) is 4.88 Å². The summed E-state index contributed by atoms with van der Waals surface area (Å²) in [6.45, 7) is 0. The molecule has 0 saturated carbocycles. The van der Waals surface area contributed by atoms with Crippen molar-refractivity contribution in [2.45, 2.75) is 11.9 Å². The number of fused-ring (bicyclic) bond motifs is 2. The van der Waals surface area contributed by atoms with Crippen LogP contribution in [0, 0.1) is 5.13 Å². The Hall–Kier alpha value is -1.01. The van der Waals surface area contributed by atoms with Crippen molar-refractivity contribution >= 4 is 39.6 Å². The van der Waals surface area contributed by atoms with E-state index < -0.39 is 22.2 Å². The first-order chi connectivity index (χ1) is 7.58. The lowest BCUT2D eigenvalue weighted by Gasteiger charge is -2.10. The van der Waals surface area contributed by atoms with Crippen molar-refractivity contribution in [3.63, 3.8) is 0 Å². The van der Waals surface area contributed by atoms with E-state index in [0.717, 1.165) is 29.2 Å². The highest BCUT2D eigenvalue weighted by Gasteiger charge is 2.40. The number of thioether (sulfide) groups is 1. The van der Waals surface area contributed by atoms with Crippen molar-refractivity contribution in [3.8, 4) is 0 Å². The summed E-state index contributed by atoms with van der Waals surface area (Å²) in [5.41, 5.74) is -0.928. The fraction of sp³-hybridized carbons (Fsp3) is 0.200. The highest BCUT2D eigenvalue weighted by Crippen LogP contribution is 2.50. The first-order valence-corrected chi connectivity index (χ1v) is 6.20. The molecule has 0 radical (unpaired) electrons. The van der Waals surface area contributed by atoms with Gasteiger partial charge < -0.3 is 0 Å². The molecule has 0 fully saturated rings. The maximum Gasteiger partial charge on any atom is 0.234 e. The molecule has 6 heteroatoms. The molecule has 1 aromatic heterocycles. The highest BCUT2D eigenvalue weighted by molar-refractivity contribution is 8.09. The van der Waals surface area contributed by atoms with Gasteiger partial charge in [0.2, 0.25) is 11.6 Å². The van der Waals surface area contributed by atoms with Gasteiger partial charge in [-0.1, -0.05) is 11.8 Å². The molecule has 0 N–H and O–H groups in total. The molecular weight excluding hydrogens is 254 g/mol. The molecule has 1 atom stereocenters. The van der Waals surface area contributed by atoms with Gasteiger partial charge in [0.1, 0.15) is 0 Å². The second-order valence-electron chi connectivity index (χ2n) is 3.49. The highest BCUT2D eigenvalue weighted by atomic mass is 32.2. The molecule has 3 rings (SSSR count). The van der Waals surface area contributed by atoms with Crippen LogP contribution in [0.5, 0.6) is 0 Å². The van der Waals surface area contributed by atoms with Crippen LogP contribution in [0.2, 0.25) is 0 Å². The van der Waals surface area contributed by atoms with E-state index in [1.54, 1.807) is 0 Å². The lowest BCUT2D eigenvalue weighted by molar-refractivity contribution is -0.112. The minimum Gasteiger partial charge on any atom is -0.285 e. The summed E-state index contributed by atoms with van der Waals surface area (Å²) in [5, 5.41) is -0.525. The lowest BCUT2D eigenvalue weighted by Crippen LogP contribution is -2.20. The van der Waals surface area contributed by atoms with Crippen LogP contribution in [-0.2, 0) is 4.79 Å². The van der Waals surface area contributed by atoms with Crippen LogP contribution < -0.4 is 0 Å². The molecule has 1 unspecified atom stereocenters. The molecule has 0 saturated heterocycles. The van der Waals surface area contributed by atoms with E-state index in [1.807, 2.05) is 0 Å². The molecule has 0 bridgehead atoms. The predicted molar refractivity (Wildman–Crippen MR) is 57.6 cm³/mol. The van der Waals surface area contributed by atoms with Crippen LogP contribution in [0.3, 0.4) is 0 Å². The summed E-state index contributed by atoms with van der Waals surface area (Å²) in [4.78, 5) is 24.1. The Morgan fingerprint density at radius 1 is 1.31 bits per heavy atom. The number of carbonyl (C=O) groups excluding carboxylic acids is 2. The first-order valence-electron chi connectivity index (χ1n) is 4.50. The number of alkyl halides is 1. The second kappa shape index (κ2) is 3.24. The van der Waals surface area contributed by atoms with Crippen molar-refractivity contribution < 1.29 is 18.4 Å². The second-order valence-corrected chi connectivity index (χ2v) is 5.65. The Bertz CT molecular complexity index is 559. The number of allylic oxidation sites excluding steroid dienone is 1. The van der Waals surface area contributed by atoms with Crippen molar-refractivity contribution in [3.05, 3.63) is 27.2 Å². The van der Waals surface area contributed by atoms with E-state index in [-0.39, 0.29) is 17.6 Å². The lowest BCUT2D eigenvalue weighted by atomic mass is 9.94. The van der Waals surface area contributed by atoms with Gasteiger partial charge >= 0.3 is 0 Å². The van der Waals surface area contributed by atoms with E-state index in [9.17, 15) is 18.4 Å². The predicted octanol–water partition coefficient (Wildman–Crippen LogP) is 2.80. The summed E-state index contributed by atoms with van der Waals surface area (Å²) >= 11 is 1.68.